The van der Waals surface area contributed by atoms with Crippen molar-refractivity contribution in [1.29, 1.82) is 0 Å². The van der Waals surface area contributed by atoms with Crippen LogP contribution in [0.15, 0.2) is 24.7 Å². The van der Waals surface area contributed by atoms with Crippen LogP contribution in [0.2, 0.25) is 0 Å². The van der Waals surface area contributed by atoms with Crippen LogP contribution in [0, 0.1) is 0 Å². The van der Waals surface area contributed by atoms with Crippen LogP contribution in [0.25, 0.3) is 5.65 Å². The summed E-state index contributed by atoms with van der Waals surface area (Å²) in [6, 6.07) is 1.91. The largest absolute Gasteiger partial charge is 0.306 e. The highest BCUT2D eigenvalue weighted by molar-refractivity contribution is 5.35. The van der Waals surface area contributed by atoms with Crippen molar-refractivity contribution in [3.8, 4) is 0 Å². The number of rotatable bonds is 5. The van der Waals surface area contributed by atoms with Crippen LogP contribution in [-0.2, 0) is 6.54 Å². The molecule has 3 rings (SSSR count). The maximum absolute atomic E-state index is 4.40. The van der Waals surface area contributed by atoms with Crippen LogP contribution >= 0.6 is 0 Å². The maximum atomic E-state index is 4.40. The smallest absolute Gasteiger partial charge is 0.154 e. The molecule has 1 N–H and O–H groups in total. The number of nitrogens with one attached hydrogen (secondary N) is 1. The summed E-state index contributed by atoms with van der Waals surface area (Å²) in [5.74, 6) is 0. The molecule has 5 nitrogen and oxygen atoms in total. The molecule has 1 aliphatic rings. The first-order valence-electron chi connectivity index (χ1n) is 7.38. The SMILES string of the molecule is CC(C)(CN1CCCC1)NCc1cnc2ccnn2c1. The van der Waals surface area contributed by atoms with Gasteiger partial charge in [-0.15, -0.1) is 0 Å². The Hall–Kier alpha value is -1.46. The molecule has 1 saturated heterocycles. The Morgan fingerprint density at radius 1 is 1.30 bits per heavy atom. The van der Waals surface area contributed by atoms with Crippen molar-refractivity contribution in [1.82, 2.24) is 24.8 Å². The third-order valence-electron chi connectivity index (χ3n) is 3.89. The average molecular weight is 273 g/mol. The summed E-state index contributed by atoms with van der Waals surface area (Å²) in [5, 5.41) is 7.86. The minimum Gasteiger partial charge on any atom is -0.306 e. The third-order valence-corrected chi connectivity index (χ3v) is 3.89. The zero-order valence-corrected chi connectivity index (χ0v) is 12.3. The second-order valence-corrected chi connectivity index (χ2v) is 6.32. The number of aromatic nitrogens is 3. The van der Waals surface area contributed by atoms with Crippen LogP contribution in [-0.4, -0.2) is 44.7 Å². The lowest BCUT2D eigenvalue weighted by Gasteiger charge is -2.31. The van der Waals surface area contributed by atoms with E-state index in [1.807, 2.05) is 23.0 Å². The predicted molar refractivity (Wildman–Crippen MR) is 79.6 cm³/mol. The molecular weight excluding hydrogens is 250 g/mol. The molecule has 108 valence electrons. The van der Waals surface area contributed by atoms with Gasteiger partial charge in [-0.3, -0.25) is 0 Å². The molecule has 2 aromatic heterocycles. The molecule has 0 unspecified atom stereocenters. The van der Waals surface area contributed by atoms with E-state index < -0.39 is 0 Å². The number of likely N-dealkylation sites (tertiary alicyclic amines) is 1. The van der Waals surface area contributed by atoms with Crippen LogP contribution in [0.1, 0.15) is 32.3 Å². The van der Waals surface area contributed by atoms with Crippen molar-refractivity contribution < 1.29 is 0 Å². The van der Waals surface area contributed by atoms with Gasteiger partial charge < -0.3 is 10.2 Å². The van der Waals surface area contributed by atoms with Gasteiger partial charge in [0.05, 0.1) is 6.20 Å². The highest BCUT2D eigenvalue weighted by Gasteiger charge is 2.23. The molecule has 0 bridgehead atoms. The Morgan fingerprint density at radius 2 is 2.10 bits per heavy atom. The van der Waals surface area contributed by atoms with Gasteiger partial charge in [-0.2, -0.15) is 5.10 Å². The molecule has 0 saturated carbocycles. The zero-order valence-electron chi connectivity index (χ0n) is 12.3. The number of hydrogen-bond donors (Lipinski definition) is 1. The number of nitrogens with zero attached hydrogens (tertiary/aromatic N) is 4. The van der Waals surface area contributed by atoms with Crippen molar-refractivity contribution >= 4 is 5.65 Å². The number of fused-ring (bicyclic) bond motifs is 1. The Labute approximate surface area is 120 Å². The lowest BCUT2D eigenvalue weighted by atomic mass is 10.0. The Kier molecular flexibility index (Phi) is 3.72. The second-order valence-electron chi connectivity index (χ2n) is 6.32. The van der Waals surface area contributed by atoms with Gasteiger partial charge in [-0.05, 0) is 39.8 Å². The molecule has 0 atom stereocenters. The zero-order chi connectivity index (χ0) is 14.0. The van der Waals surface area contributed by atoms with E-state index in [2.05, 4.69) is 34.1 Å². The fourth-order valence-electron chi connectivity index (χ4n) is 2.84. The molecular formula is C15H23N5. The van der Waals surface area contributed by atoms with E-state index in [0.717, 1.165) is 24.3 Å². The van der Waals surface area contributed by atoms with Gasteiger partial charge in [0.25, 0.3) is 0 Å². The molecule has 0 amide bonds. The summed E-state index contributed by atoms with van der Waals surface area (Å²) >= 11 is 0. The molecule has 0 aliphatic carbocycles. The predicted octanol–water partition coefficient (Wildman–Crippen LogP) is 1.69. The maximum Gasteiger partial charge on any atom is 0.154 e. The number of hydrogen-bond acceptors (Lipinski definition) is 4. The minimum absolute atomic E-state index is 0.114. The van der Waals surface area contributed by atoms with Crippen LogP contribution in [0.5, 0.6) is 0 Å². The van der Waals surface area contributed by atoms with Gasteiger partial charge in [-0.25, -0.2) is 9.50 Å². The van der Waals surface area contributed by atoms with E-state index in [9.17, 15) is 0 Å². The summed E-state index contributed by atoms with van der Waals surface area (Å²) in [5.41, 5.74) is 2.17. The highest BCUT2D eigenvalue weighted by Crippen LogP contribution is 2.13. The van der Waals surface area contributed by atoms with Crippen LogP contribution in [0.3, 0.4) is 0 Å². The molecule has 2 aromatic rings. The van der Waals surface area contributed by atoms with E-state index in [0.29, 0.717) is 0 Å². The van der Waals surface area contributed by atoms with Gasteiger partial charge in [0, 0.05) is 42.7 Å². The van der Waals surface area contributed by atoms with Gasteiger partial charge in [-0.1, -0.05) is 0 Å². The molecule has 5 heteroatoms. The summed E-state index contributed by atoms with van der Waals surface area (Å²) in [6.07, 6.45) is 8.43. The van der Waals surface area contributed by atoms with Crippen LogP contribution < -0.4 is 5.32 Å². The average Bonchev–Trinajstić information content (AvgIpc) is 3.06. The van der Waals surface area contributed by atoms with Crippen molar-refractivity contribution in [2.45, 2.75) is 38.8 Å². The molecule has 0 spiro atoms. The Balaban J connectivity index is 1.59. The molecule has 0 aromatic carbocycles. The third kappa shape index (κ3) is 3.16. The first-order valence-corrected chi connectivity index (χ1v) is 7.38. The van der Waals surface area contributed by atoms with E-state index in [1.54, 1.807) is 6.20 Å². The van der Waals surface area contributed by atoms with E-state index >= 15 is 0 Å². The van der Waals surface area contributed by atoms with Gasteiger partial charge in [0.15, 0.2) is 5.65 Å². The molecule has 0 radical (unpaired) electrons. The Morgan fingerprint density at radius 3 is 2.90 bits per heavy atom. The summed E-state index contributed by atoms with van der Waals surface area (Å²) in [4.78, 5) is 6.94. The fourth-order valence-corrected chi connectivity index (χ4v) is 2.84. The van der Waals surface area contributed by atoms with E-state index in [1.165, 1.54) is 25.9 Å². The lowest BCUT2D eigenvalue weighted by Crippen LogP contribution is -2.48. The first-order chi connectivity index (χ1) is 9.62. The quantitative estimate of drug-likeness (QED) is 0.900. The van der Waals surface area contributed by atoms with Crippen molar-refractivity contribution in [3.63, 3.8) is 0 Å². The molecule has 1 aliphatic heterocycles. The minimum atomic E-state index is 0.114. The van der Waals surface area contributed by atoms with Crippen LogP contribution in [0.4, 0.5) is 0 Å². The summed E-state index contributed by atoms with van der Waals surface area (Å²) < 4.78 is 1.82. The normalized spacial score (nSPS) is 17.1. The highest BCUT2D eigenvalue weighted by atomic mass is 15.2. The van der Waals surface area contributed by atoms with Gasteiger partial charge in [0.1, 0.15) is 0 Å². The van der Waals surface area contributed by atoms with E-state index in [-0.39, 0.29) is 5.54 Å². The fraction of sp³-hybridized carbons (Fsp3) is 0.600. The van der Waals surface area contributed by atoms with Crippen molar-refractivity contribution in [2.75, 3.05) is 19.6 Å². The van der Waals surface area contributed by atoms with Crippen molar-refractivity contribution in [2.24, 2.45) is 0 Å². The van der Waals surface area contributed by atoms with Gasteiger partial charge >= 0.3 is 0 Å². The molecule has 3 heterocycles. The monoisotopic (exact) mass is 273 g/mol. The Bertz CT molecular complexity index is 568. The van der Waals surface area contributed by atoms with E-state index in [4.69, 9.17) is 0 Å². The van der Waals surface area contributed by atoms with Crippen molar-refractivity contribution in [3.05, 3.63) is 30.2 Å². The topological polar surface area (TPSA) is 45.5 Å². The molecule has 1 fully saturated rings. The summed E-state index contributed by atoms with van der Waals surface area (Å²) in [6.45, 7) is 8.95. The second kappa shape index (κ2) is 5.50. The molecule has 20 heavy (non-hydrogen) atoms. The van der Waals surface area contributed by atoms with Gasteiger partial charge in [0.2, 0.25) is 0 Å². The lowest BCUT2D eigenvalue weighted by molar-refractivity contribution is 0.234. The standard InChI is InChI=1S/C15H23N5/c1-15(2,12-19-7-3-4-8-19)17-10-13-9-16-14-5-6-18-20(14)11-13/h5-6,9,11,17H,3-4,7-8,10,12H2,1-2H3. The summed E-state index contributed by atoms with van der Waals surface area (Å²) in [7, 11) is 0. The first kappa shape index (κ1) is 13.5.